The van der Waals surface area contributed by atoms with E-state index in [0.29, 0.717) is 19.1 Å². The molecule has 76 valence electrons. The molecule has 1 heterocycles. The first-order valence-electron chi connectivity index (χ1n) is 4.69. The Morgan fingerprint density at radius 3 is 3.00 bits per heavy atom. The summed E-state index contributed by atoms with van der Waals surface area (Å²) in [6, 6.07) is 0.211. The molecule has 1 unspecified atom stereocenters. The zero-order valence-corrected chi connectivity index (χ0v) is 7.68. The maximum atomic E-state index is 11.0. The average molecular weight is 187 g/mol. The van der Waals surface area contributed by atoms with Crippen LogP contribution in [0.5, 0.6) is 0 Å². The molecule has 0 aliphatic carbocycles. The summed E-state index contributed by atoms with van der Waals surface area (Å²) in [7, 11) is 0. The molecule has 0 bridgehead atoms. The summed E-state index contributed by atoms with van der Waals surface area (Å²) >= 11 is 0. The molecule has 0 aromatic heterocycles. The van der Waals surface area contributed by atoms with Gasteiger partial charge in [0.25, 0.3) is 0 Å². The molecular formula is C8H17N3O2. The van der Waals surface area contributed by atoms with Crippen molar-refractivity contribution in [3.63, 3.8) is 0 Å². The lowest BCUT2D eigenvalue weighted by Crippen LogP contribution is -2.43. The highest BCUT2D eigenvalue weighted by atomic mass is 16.3. The summed E-state index contributed by atoms with van der Waals surface area (Å²) in [5.74, 6) is 0. The average Bonchev–Trinajstić information content (AvgIpc) is 2.64. The highest BCUT2D eigenvalue weighted by Crippen LogP contribution is 2.02. The van der Waals surface area contributed by atoms with E-state index in [1.165, 1.54) is 6.42 Å². The zero-order chi connectivity index (χ0) is 9.52. The largest absolute Gasteiger partial charge is 0.395 e. The van der Waals surface area contributed by atoms with E-state index in [2.05, 4.69) is 16.0 Å². The Hall–Kier alpha value is -0.810. The molecular weight excluding hydrogens is 170 g/mol. The van der Waals surface area contributed by atoms with Crippen LogP contribution in [0, 0.1) is 0 Å². The number of nitrogens with one attached hydrogen (secondary N) is 3. The normalized spacial score (nSPS) is 21.5. The lowest BCUT2D eigenvalue weighted by atomic mass is 10.2. The molecule has 1 rings (SSSR count). The first kappa shape index (κ1) is 10.3. The zero-order valence-electron chi connectivity index (χ0n) is 7.68. The minimum atomic E-state index is -0.206. The standard InChI is InChI=1S/C8H17N3O2/c12-5-4-10-8(13)11-6-7-2-1-3-9-7/h7,9,12H,1-6H2,(H2,10,11,13). The van der Waals surface area contributed by atoms with Gasteiger partial charge in [0.15, 0.2) is 0 Å². The van der Waals surface area contributed by atoms with E-state index in [0.717, 1.165) is 13.0 Å². The van der Waals surface area contributed by atoms with Crippen molar-refractivity contribution in [2.45, 2.75) is 18.9 Å². The van der Waals surface area contributed by atoms with Gasteiger partial charge in [0.1, 0.15) is 0 Å². The van der Waals surface area contributed by atoms with Crippen molar-refractivity contribution in [3.8, 4) is 0 Å². The molecule has 0 spiro atoms. The molecule has 0 radical (unpaired) electrons. The quantitative estimate of drug-likeness (QED) is 0.457. The van der Waals surface area contributed by atoms with Crippen LogP contribution in [-0.2, 0) is 0 Å². The van der Waals surface area contributed by atoms with E-state index >= 15 is 0 Å². The Balaban J connectivity index is 2.00. The molecule has 5 heteroatoms. The van der Waals surface area contributed by atoms with Crippen molar-refractivity contribution in [3.05, 3.63) is 0 Å². The predicted molar refractivity (Wildman–Crippen MR) is 49.5 cm³/mol. The van der Waals surface area contributed by atoms with Gasteiger partial charge in [0.05, 0.1) is 6.61 Å². The molecule has 0 saturated carbocycles. The fourth-order valence-corrected chi connectivity index (χ4v) is 1.38. The Morgan fingerprint density at radius 2 is 2.38 bits per heavy atom. The Bertz CT molecular complexity index is 157. The van der Waals surface area contributed by atoms with Gasteiger partial charge in [-0.2, -0.15) is 0 Å². The second-order valence-electron chi connectivity index (χ2n) is 3.15. The van der Waals surface area contributed by atoms with Crippen LogP contribution in [0.25, 0.3) is 0 Å². The van der Waals surface area contributed by atoms with Crippen LogP contribution in [0.4, 0.5) is 4.79 Å². The number of rotatable bonds is 4. The second kappa shape index (κ2) is 5.77. The van der Waals surface area contributed by atoms with Gasteiger partial charge in [-0.1, -0.05) is 0 Å². The molecule has 1 saturated heterocycles. The van der Waals surface area contributed by atoms with E-state index in [9.17, 15) is 4.79 Å². The Morgan fingerprint density at radius 1 is 1.54 bits per heavy atom. The van der Waals surface area contributed by atoms with Crippen molar-refractivity contribution < 1.29 is 9.90 Å². The maximum absolute atomic E-state index is 11.0. The number of amides is 2. The summed E-state index contributed by atoms with van der Waals surface area (Å²) < 4.78 is 0. The lowest BCUT2D eigenvalue weighted by molar-refractivity contribution is 0.233. The van der Waals surface area contributed by atoms with Crippen molar-refractivity contribution in [1.82, 2.24) is 16.0 Å². The summed E-state index contributed by atoms with van der Waals surface area (Å²) in [6.45, 7) is 2.00. The number of hydrogen-bond donors (Lipinski definition) is 4. The minimum Gasteiger partial charge on any atom is -0.395 e. The second-order valence-corrected chi connectivity index (χ2v) is 3.15. The summed E-state index contributed by atoms with van der Waals surface area (Å²) in [4.78, 5) is 11.0. The van der Waals surface area contributed by atoms with E-state index in [4.69, 9.17) is 5.11 Å². The van der Waals surface area contributed by atoms with Gasteiger partial charge in [-0.25, -0.2) is 4.79 Å². The van der Waals surface area contributed by atoms with Crippen LogP contribution in [0.3, 0.4) is 0 Å². The predicted octanol–water partition coefficient (Wildman–Crippen LogP) is -0.970. The van der Waals surface area contributed by atoms with Gasteiger partial charge < -0.3 is 21.1 Å². The van der Waals surface area contributed by atoms with Gasteiger partial charge in [0.2, 0.25) is 0 Å². The SMILES string of the molecule is O=C(NCCO)NCC1CCCN1. The topological polar surface area (TPSA) is 73.4 Å². The number of aliphatic hydroxyl groups is 1. The fraction of sp³-hybridized carbons (Fsp3) is 0.875. The number of carbonyl (C=O) groups is 1. The third kappa shape index (κ3) is 4.10. The Kier molecular flexibility index (Phi) is 4.56. The molecule has 4 N–H and O–H groups in total. The van der Waals surface area contributed by atoms with Crippen molar-refractivity contribution in [2.75, 3.05) is 26.2 Å². The van der Waals surface area contributed by atoms with E-state index in [-0.39, 0.29) is 12.6 Å². The molecule has 0 aromatic rings. The summed E-state index contributed by atoms with van der Waals surface area (Å²) in [5, 5.41) is 17.0. The van der Waals surface area contributed by atoms with E-state index in [1.807, 2.05) is 0 Å². The van der Waals surface area contributed by atoms with Gasteiger partial charge >= 0.3 is 6.03 Å². The van der Waals surface area contributed by atoms with Crippen LogP contribution in [0.1, 0.15) is 12.8 Å². The van der Waals surface area contributed by atoms with Crippen LogP contribution in [-0.4, -0.2) is 43.4 Å². The molecule has 1 atom stereocenters. The number of carbonyl (C=O) groups excluding carboxylic acids is 1. The smallest absolute Gasteiger partial charge is 0.314 e. The van der Waals surface area contributed by atoms with Crippen LogP contribution >= 0.6 is 0 Å². The number of hydrogen-bond acceptors (Lipinski definition) is 3. The van der Waals surface area contributed by atoms with Gasteiger partial charge in [0, 0.05) is 19.1 Å². The molecule has 0 aromatic carbocycles. The van der Waals surface area contributed by atoms with Crippen molar-refractivity contribution in [2.24, 2.45) is 0 Å². The highest BCUT2D eigenvalue weighted by molar-refractivity contribution is 5.73. The first-order valence-corrected chi connectivity index (χ1v) is 4.69. The van der Waals surface area contributed by atoms with Crippen molar-refractivity contribution in [1.29, 1.82) is 0 Å². The fourth-order valence-electron chi connectivity index (χ4n) is 1.38. The molecule has 1 fully saturated rings. The lowest BCUT2D eigenvalue weighted by Gasteiger charge is -2.11. The van der Waals surface area contributed by atoms with Gasteiger partial charge in [-0.15, -0.1) is 0 Å². The molecule has 1 aliphatic heterocycles. The molecule has 1 aliphatic rings. The third-order valence-electron chi connectivity index (χ3n) is 2.07. The van der Waals surface area contributed by atoms with Crippen molar-refractivity contribution >= 4 is 6.03 Å². The monoisotopic (exact) mass is 187 g/mol. The van der Waals surface area contributed by atoms with Crippen LogP contribution in [0.2, 0.25) is 0 Å². The van der Waals surface area contributed by atoms with Gasteiger partial charge in [-0.3, -0.25) is 0 Å². The molecule has 13 heavy (non-hydrogen) atoms. The van der Waals surface area contributed by atoms with Crippen LogP contribution in [0.15, 0.2) is 0 Å². The maximum Gasteiger partial charge on any atom is 0.314 e. The third-order valence-corrected chi connectivity index (χ3v) is 2.07. The minimum absolute atomic E-state index is 0.0188. The highest BCUT2D eigenvalue weighted by Gasteiger charge is 2.13. The van der Waals surface area contributed by atoms with Gasteiger partial charge in [-0.05, 0) is 19.4 Å². The summed E-state index contributed by atoms with van der Waals surface area (Å²) in [5.41, 5.74) is 0. The number of urea groups is 1. The van der Waals surface area contributed by atoms with E-state index in [1.54, 1.807) is 0 Å². The number of aliphatic hydroxyl groups excluding tert-OH is 1. The first-order chi connectivity index (χ1) is 6.33. The molecule has 5 nitrogen and oxygen atoms in total. The van der Waals surface area contributed by atoms with Crippen LogP contribution < -0.4 is 16.0 Å². The Labute approximate surface area is 77.9 Å². The molecule has 2 amide bonds. The summed E-state index contributed by atoms with van der Waals surface area (Å²) in [6.07, 6.45) is 2.31. The van der Waals surface area contributed by atoms with E-state index < -0.39 is 0 Å².